The van der Waals surface area contributed by atoms with Crippen molar-refractivity contribution in [1.82, 2.24) is 9.55 Å². The molecule has 1 atom stereocenters. The molecule has 0 fully saturated rings. The van der Waals surface area contributed by atoms with Gasteiger partial charge in [0.1, 0.15) is 16.8 Å². The first-order valence-electron chi connectivity index (χ1n) is 9.22. The van der Waals surface area contributed by atoms with Crippen LogP contribution < -0.4 is 10.3 Å². The summed E-state index contributed by atoms with van der Waals surface area (Å²) in [6, 6.07) is 15.0. The van der Waals surface area contributed by atoms with Crippen molar-refractivity contribution in [2.75, 3.05) is 12.9 Å². The summed E-state index contributed by atoms with van der Waals surface area (Å²) in [7, 11) is 1.59. The largest absolute Gasteiger partial charge is 0.496 e. The van der Waals surface area contributed by atoms with Crippen molar-refractivity contribution in [1.29, 1.82) is 0 Å². The lowest BCUT2D eigenvalue weighted by Gasteiger charge is -2.12. The van der Waals surface area contributed by atoms with Gasteiger partial charge in [0.2, 0.25) is 0 Å². The first-order chi connectivity index (χ1) is 14.5. The fourth-order valence-electron chi connectivity index (χ4n) is 2.99. The zero-order valence-corrected chi connectivity index (χ0v) is 18.7. The molecule has 0 amide bonds. The van der Waals surface area contributed by atoms with E-state index in [2.05, 4.69) is 4.98 Å². The average Bonchev–Trinajstić information content (AvgIpc) is 3.18. The minimum absolute atomic E-state index is 0.128. The van der Waals surface area contributed by atoms with Crippen LogP contribution in [0.5, 0.6) is 5.75 Å². The average molecular weight is 459 g/mol. The number of aliphatic hydroxyl groups is 1. The summed E-state index contributed by atoms with van der Waals surface area (Å²) in [6.07, 6.45) is 1.13. The van der Waals surface area contributed by atoms with E-state index in [1.54, 1.807) is 20.4 Å². The smallest absolute Gasteiger partial charge is 0.275 e. The van der Waals surface area contributed by atoms with E-state index in [9.17, 15) is 9.90 Å². The number of aliphatic hydroxyl groups excluding tert-OH is 1. The van der Waals surface area contributed by atoms with E-state index < -0.39 is 6.10 Å². The maximum absolute atomic E-state index is 13.2. The molecule has 0 aliphatic rings. The van der Waals surface area contributed by atoms with E-state index in [0.717, 1.165) is 15.3 Å². The van der Waals surface area contributed by atoms with Gasteiger partial charge in [-0.15, -0.1) is 23.1 Å². The first kappa shape index (κ1) is 20.9. The number of benzene rings is 2. The number of halogens is 1. The maximum atomic E-state index is 13.2. The van der Waals surface area contributed by atoms with Crippen LogP contribution in [0, 0.1) is 0 Å². The van der Waals surface area contributed by atoms with Gasteiger partial charge in [0, 0.05) is 26.6 Å². The van der Waals surface area contributed by atoms with Crippen LogP contribution in [0.4, 0.5) is 0 Å². The summed E-state index contributed by atoms with van der Waals surface area (Å²) in [5, 5.41) is 10.2. The van der Waals surface area contributed by atoms with Crippen LogP contribution in [-0.2, 0) is 0 Å². The van der Waals surface area contributed by atoms with E-state index in [-0.39, 0.29) is 5.56 Å². The van der Waals surface area contributed by atoms with E-state index >= 15 is 0 Å². The number of rotatable bonds is 6. The molecule has 0 saturated heterocycles. The van der Waals surface area contributed by atoms with E-state index in [4.69, 9.17) is 16.3 Å². The molecular weight excluding hydrogens is 440 g/mol. The van der Waals surface area contributed by atoms with Crippen molar-refractivity contribution in [3.05, 3.63) is 70.2 Å². The number of thiophene rings is 1. The Balaban J connectivity index is 1.73. The first-order valence-corrected chi connectivity index (χ1v) is 11.4. The van der Waals surface area contributed by atoms with Crippen molar-refractivity contribution in [3.8, 4) is 21.9 Å². The summed E-state index contributed by atoms with van der Waals surface area (Å²) in [6.45, 7) is 1.74. The van der Waals surface area contributed by atoms with Crippen LogP contribution in [0.2, 0.25) is 5.02 Å². The Hall–Kier alpha value is -2.32. The number of aromatic nitrogens is 2. The Bertz CT molecular complexity index is 1250. The highest BCUT2D eigenvalue weighted by molar-refractivity contribution is 7.99. The second-order valence-electron chi connectivity index (χ2n) is 6.75. The van der Waals surface area contributed by atoms with Crippen LogP contribution >= 0.6 is 34.7 Å². The molecule has 0 aliphatic carbocycles. The van der Waals surface area contributed by atoms with Gasteiger partial charge in [-0.1, -0.05) is 23.7 Å². The molecule has 2 aromatic carbocycles. The second-order valence-corrected chi connectivity index (χ2v) is 9.30. The normalized spacial score (nSPS) is 12.3. The van der Waals surface area contributed by atoms with Crippen molar-refractivity contribution in [2.24, 2.45) is 0 Å². The molecule has 0 bridgehead atoms. The van der Waals surface area contributed by atoms with Gasteiger partial charge in [-0.3, -0.25) is 9.36 Å². The molecule has 2 aromatic heterocycles. The second kappa shape index (κ2) is 8.81. The van der Waals surface area contributed by atoms with Crippen LogP contribution in [0.3, 0.4) is 0 Å². The van der Waals surface area contributed by atoms with Gasteiger partial charge in [0.25, 0.3) is 5.56 Å². The van der Waals surface area contributed by atoms with Gasteiger partial charge in [0.15, 0.2) is 0 Å². The number of methoxy groups -OCH3 is 1. The summed E-state index contributed by atoms with van der Waals surface area (Å²) >= 11 is 8.90. The third-order valence-corrected chi connectivity index (χ3v) is 7.18. The molecule has 0 saturated carbocycles. The minimum Gasteiger partial charge on any atom is -0.496 e. The molecule has 2 heterocycles. The zero-order valence-electron chi connectivity index (χ0n) is 16.3. The molecule has 8 heteroatoms. The molecule has 154 valence electrons. The van der Waals surface area contributed by atoms with Gasteiger partial charge >= 0.3 is 0 Å². The molecule has 0 spiro atoms. The maximum Gasteiger partial charge on any atom is 0.275 e. The highest BCUT2D eigenvalue weighted by Crippen LogP contribution is 2.33. The molecule has 1 N–H and O–H groups in total. The van der Waals surface area contributed by atoms with E-state index in [1.165, 1.54) is 27.7 Å². The highest BCUT2D eigenvalue weighted by atomic mass is 35.5. The van der Waals surface area contributed by atoms with Gasteiger partial charge in [-0.25, -0.2) is 4.98 Å². The lowest BCUT2D eigenvalue weighted by atomic mass is 10.2. The number of nitrogens with zero attached hydrogens (tertiary/aromatic N) is 2. The Morgan fingerprint density at radius 1 is 1.23 bits per heavy atom. The quantitative estimate of drug-likeness (QED) is 0.400. The lowest BCUT2D eigenvalue weighted by molar-refractivity contribution is 0.220. The molecule has 1 unspecified atom stereocenters. The summed E-state index contributed by atoms with van der Waals surface area (Å²) in [5.41, 5.74) is 2.21. The third kappa shape index (κ3) is 4.25. The summed E-state index contributed by atoms with van der Waals surface area (Å²) < 4.78 is 7.61. The van der Waals surface area contributed by atoms with E-state index in [1.807, 2.05) is 48.5 Å². The van der Waals surface area contributed by atoms with Gasteiger partial charge in [-0.05, 0) is 42.8 Å². The molecule has 4 aromatic rings. The summed E-state index contributed by atoms with van der Waals surface area (Å²) in [4.78, 5) is 19.5. The molecular formula is C22H19ClN2O3S2. The van der Waals surface area contributed by atoms with Crippen molar-refractivity contribution in [3.63, 3.8) is 0 Å². The highest BCUT2D eigenvalue weighted by Gasteiger charge is 2.13. The van der Waals surface area contributed by atoms with Gasteiger partial charge < -0.3 is 9.84 Å². The standard InChI is InChI=1S/C22H19ClN2O3S2/c1-13(26)11-29-19-8-7-16(9-18(19)28-2)25-12-24-17-10-20(30-21(17)22(25)27)14-3-5-15(23)6-4-14/h3-10,12-13,26H,11H2,1-2H3. The van der Waals surface area contributed by atoms with Gasteiger partial charge in [0.05, 0.1) is 24.4 Å². The Morgan fingerprint density at radius 3 is 2.70 bits per heavy atom. The number of ether oxygens (including phenoxy) is 1. The van der Waals surface area contributed by atoms with Crippen LogP contribution in [0.25, 0.3) is 26.3 Å². The number of hydrogen-bond acceptors (Lipinski definition) is 6. The van der Waals surface area contributed by atoms with Crippen LogP contribution in [0.15, 0.2) is 64.5 Å². The Morgan fingerprint density at radius 2 is 2.00 bits per heavy atom. The van der Waals surface area contributed by atoms with Crippen LogP contribution in [-0.4, -0.2) is 33.6 Å². The number of fused-ring (bicyclic) bond motifs is 1. The summed E-state index contributed by atoms with van der Waals surface area (Å²) in [5.74, 6) is 1.21. The third-order valence-electron chi connectivity index (χ3n) is 4.47. The Labute approximate surface area is 186 Å². The zero-order chi connectivity index (χ0) is 21.3. The predicted octanol–water partition coefficient (Wildman–Crippen LogP) is 5.25. The predicted molar refractivity (Wildman–Crippen MR) is 125 cm³/mol. The fourth-order valence-corrected chi connectivity index (χ4v) is 5.03. The minimum atomic E-state index is -0.415. The molecule has 0 aliphatic heterocycles. The number of thioether (sulfide) groups is 1. The molecule has 0 radical (unpaired) electrons. The fraction of sp³-hybridized carbons (Fsp3) is 0.182. The molecule has 4 rings (SSSR count). The topological polar surface area (TPSA) is 64.4 Å². The molecule has 30 heavy (non-hydrogen) atoms. The van der Waals surface area contributed by atoms with Crippen molar-refractivity contribution < 1.29 is 9.84 Å². The van der Waals surface area contributed by atoms with Crippen molar-refractivity contribution in [2.45, 2.75) is 17.9 Å². The van der Waals surface area contributed by atoms with Crippen LogP contribution in [0.1, 0.15) is 6.92 Å². The Kier molecular flexibility index (Phi) is 6.15. The lowest BCUT2D eigenvalue weighted by Crippen LogP contribution is -2.17. The monoisotopic (exact) mass is 458 g/mol. The SMILES string of the molecule is COc1cc(-n2cnc3cc(-c4ccc(Cl)cc4)sc3c2=O)ccc1SCC(C)O. The van der Waals surface area contributed by atoms with Crippen molar-refractivity contribution >= 4 is 44.9 Å². The van der Waals surface area contributed by atoms with Gasteiger partial charge in [-0.2, -0.15) is 0 Å². The van der Waals surface area contributed by atoms with E-state index in [0.29, 0.717) is 32.4 Å². The molecule has 5 nitrogen and oxygen atoms in total. The number of hydrogen-bond donors (Lipinski definition) is 1.